The second-order valence-corrected chi connectivity index (χ2v) is 36.8. The maximum absolute atomic E-state index is 15.8. The van der Waals surface area contributed by atoms with Crippen molar-refractivity contribution in [1.82, 2.24) is 82.3 Å². The van der Waals surface area contributed by atoms with Crippen LogP contribution in [0.5, 0.6) is 5.75 Å². The van der Waals surface area contributed by atoms with Gasteiger partial charge in [0.25, 0.3) is 0 Å². The summed E-state index contributed by atoms with van der Waals surface area (Å²) in [7, 11) is 3.95. The largest absolute Gasteiger partial charge is 0.508 e. The van der Waals surface area contributed by atoms with Gasteiger partial charge >= 0.3 is 0 Å². The summed E-state index contributed by atoms with van der Waals surface area (Å²) in [4.78, 5) is 263. The molecule has 136 heavy (non-hydrogen) atoms. The highest BCUT2D eigenvalue weighted by molar-refractivity contribution is 8.00. The predicted molar refractivity (Wildman–Crippen MR) is 504 cm³/mol. The molecule has 3 aliphatic heterocycles. The Bertz CT molecular complexity index is 5230. The van der Waals surface area contributed by atoms with Crippen LogP contribution in [0.25, 0.3) is 21.8 Å². The van der Waals surface area contributed by atoms with Gasteiger partial charge < -0.3 is 115 Å². The number of unbranched alkanes of at least 4 members (excludes halogenated alkanes) is 2. The van der Waals surface area contributed by atoms with Gasteiger partial charge in [-0.15, -0.1) is 11.8 Å². The summed E-state index contributed by atoms with van der Waals surface area (Å²) in [6, 6.07) is 5.89. The third kappa shape index (κ3) is 29.3. The number of nitrogens with two attached hydrogens (primary N) is 4. The van der Waals surface area contributed by atoms with E-state index in [2.05, 4.69) is 57.8 Å². The summed E-state index contributed by atoms with van der Waals surface area (Å²) in [5.74, 6) is -19.0. The molecular formula is C95H131FN20O19S. The number of rotatable bonds is 26. The number of hydrogen-bond donors (Lipinski definition) is 17. The normalized spacial score (nSPS) is 24.8. The Morgan fingerprint density at radius 3 is 1.70 bits per heavy atom. The van der Waals surface area contributed by atoms with Gasteiger partial charge in [0.05, 0.1) is 31.4 Å². The number of carbonyl (C=O) groups is 17. The number of nitrogens with one attached hydrogen (secondary N) is 11. The van der Waals surface area contributed by atoms with Crippen molar-refractivity contribution in [3.05, 3.63) is 138 Å². The Hall–Kier alpha value is -12.9. The van der Waals surface area contributed by atoms with Crippen molar-refractivity contribution in [2.75, 3.05) is 72.0 Å². The molecule has 21 N–H and O–H groups in total. The molecule has 0 radical (unpaired) electrons. The van der Waals surface area contributed by atoms with E-state index in [1.54, 1.807) is 86.9 Å². The van der Waals surface area contributed by atoms with Crippen LogP contribution in [-0.2, 0) is 107 Å². The van der Waals surface area contributed by atoms with Crippen LogP contribution in [0.4, 0.5) is 4.39 Å². The fraction of sp³-hybridized carbons (Fsp3) is 0.526. The number of amides is 16. The molecule has 41 heteroatoms. The Kier molecular flexibility index (Phi) is 40.2. The molecule has 0 saturated carbocycles. The number of carbonyl (C=O) groups excluding carboxylic acids is 17. The van der Waals surface area contributed by atoms with Gasteiger partial charge in [-0.1, -0.05) is 114 Å². The summed E-state index contributed by atoms with van der Waals surface area (Å²) >= 11 is 0.781. The SMILES string of the molecule is CCCC[C@H]1C(=O)N(C)[C@@H](CCCC)C(=O)N[C@@H](CCCN)C(=O)N[C@H](C(=O)NCC(N)=O)CSCC(=O)N[C@@H](Cc2ccc(O)cc2)C(=O)N(C)[C@@H](C)C(=O)N[C@@H](CC(N)=O)C(=O)N2CCC[C@H]2C(=O)N[C@@H](CN)C(=O)N[C@@H](CC(C)C)C(=O)N2C[C@H](Cc3ccc(F)cc3)C[C@H]2C(=O)C[C@@H](Cc2c[nH]c3ccccc23)C(=O)N[C@@H](CO)C(=O)N[C@@H](Cc2c[nH]c3ccccc23)C(=O)N1C. The molecule has 6 aromatic rings. The summed E-state index contributed by atoms with van der Waals surface area (Å²) in [6.45, 7) is 5.99. The Labute approximate surface area is 793 Å². The number of fused-ring (bicyclic) bond motifs is 4. The third-order valence-electron chi connectivity index (χ3n) is 25.1. The highest BCUT2D eigenvalue weighted by Crippen LogP contribution is 2.33. The first-order valence-electron chi connectivity index (χ1n) is 46.3. The van der Waals surface area contributed by atoms with Crippen molar-refractivity contribution in [1.29, 1.82) is 0 Å². The number of aliphatic hydroxyl groups excluding tert-OH is 1. The fourth-order valence-electron chi connectivity index (χ4n) is 17.5. The molecule has 3 fully saturated rings. The minimum atomic E-state index is -1.84. The molecule has 2 aromatic heterocycles. The van der Waals surface area contributed by atoms with Crippen molar-refractivity contribution < 1.29 is 96.1 Å². The highest BCUT2D eigenvalue weighted by Gasteiger charge is 2.47. The summed E-state index contributed by atoms with van der Waals surface area (Å²) < 4.78 is 14.5. The monoisotopic (exact) mass is 1910 g/mol. The summed E-state index contributed by atoms with van der Waals surface area (Å²) in [6.07, 6.45) is 3.26. The number of phenols is 1. The lowest BCUT2D eigenvalue weighted by molar-refractivity contribution is -0.149. The first-order valence-corrected chi connectivity index (χ1v) is 47.4. The van der Waals surface area contributed by atoms with Crippen LogP contribution >= 0.6 is 11.8 Å². The van der Waals surface area contributed by atoms with E-state index in [1.165, 1.54) is 74.3 Å². The highest BCUT2D eigenvalue weighted by atomic mass is 32.2. The number of benzene rings is 4. The number of phenolic OH excluding ortho intramolecular Hbond substituents is 1. The number of likely N-dealkylation sites (N-methyl/N-ethyl adjacent to an activating group) is 3. The van der Waals surface area contributed by atoms with Gasteiger partial charge in [0.1, 0.15) is 84.1 Å². The van der Waals surface area contributed by atoms with Crippen LogP contribution in [0.3, 0.4) is 0 Å². The van der Waals surface area contributed by atoms with E-state index < -0.39 is 241 Å². The molecule has 0 bridgehead atoms. The number of hydrogen-bond acceptors (Lipinski definition) is 22. The molecule has 39 nitrogen and oxygen atoms in total. The predicted octanol–water partition coefficient (Wildman–Crippen LogP) is 0.267. The van der Waals surface area contributed by atoms with E-state index in [-0.39, 0.29) is 108 Å². The minimum Gasteiger partial charge on any atom is -0.508 e. The van der Waals surface area contributed by atoms with Gasteiger partial charge in [-0.05, 0) is 148 Å². The number of aromatic nitrogens is 2. The van der Waals surface area contributed by atoms with Crippen molar-refractivity contribution in [3.8, 4) is 5.75 Å². The molecule has 0 spiro atoms. The van der Waals surface area contributed by atoms with Crippen LogP contribution in [-0.4, -0.2) is 296 Å². The van der Waals surface area contributed by atoms with Crippen LogP contribution in [0, 0.1) is 23.6 Å². The second kappa shape index (κ2) is 51.2. The van der Waals surface area contributed by atoms with Gasteiger partial charge in [0, 0.05) is 106 Å². The van der Waals surface area contributed by atoms with Gasteiger partial charge in [-0.2, -0.15) is 0 Å². The van der Waals surface area contributed by atoms with Crippen molar-refractivity contribution in [2.45, 2.75) is 229 Å². The average molecular weight is 1910 g/mol. The maximum atomic E-state index is 15.8. The zero-order valence-corrected chi connectivity index (χ0v) is 79.0. The Morgan fingerprint density at radius 2 is 1.09 bits per heavy atom. The lowest BCUT2D eigenvalue weighted by Crippen LogP contribution is -2.61. The topological polar surface area (TPSA) is 591 Å². The molecule has 15 atom stereocenters. The summed E-state index contributed by atoms with van der Waals surface area (Å²) in [5.41, 5.74) is 26.9. The van der Waals surface area contributed by atoms with E-state index in [0.29, 0.717) is 69.7 Å². The number of aromatic amines is 2. The number of aromatic hydroxyl groups is 1. The molecular weight excluding hydrogens is 1780 g/mol. The van der Waals surface area contributed by atoms with Crippen LogP contribution in [0.2, 0.25) is 0 Å². The molecule has 4 aromatic carbocycles. The minimum absolute atomic E-state index is 0.00331. The fourth-order valence-corrected chi connectivity index (χ4v) is 18.3. The molecule has 3 aliphatic rings. The van der Waals surface area contributed by atoms with Gasteiger partial charge in [-0.3, -0.25) is 81.5 Å². The number of H-pyrrole nitrogens is 2. The Morgan fingerprint density at radius 1 is 0.544 bits per heavy atom. The quantitative estimate of drug-likeness (QED) is 0.0346. The smallest absolute Gasteiger partial charge is 0.246 e. The molecule has 738 valence electrons. The first kappa shape index (κ1) is 107. The van der Waals surface area contributed by atoms with E-state index in [9.17, 15) is 62.5 Å². The average Bonchev–Trinajstić information content (AvgIpc) is 1.71. The van der Waals surface area contributed by atoms with Gasteiger partial charge in [-0.25, -0.2) is 4.39 Å². The standard InChI is InChI=1S/C95H131FN20O19S/c1-9-11-24-75-89(129)105-67(23-17-35-97)86(126)111-74(85(125)103-48-81(100)121)51-136-52-82(122)104-69(39-56-29-33-62(118)34-30-56)91(131)112(6)54(5)83(123)106-71(44-80(99)120)93(133)115-36-18-26-76(115)90(130)109-72(45-98)87(127)107-68(37-53(3)4)94(134)116-49-57(38-55-27-31-61(96)32-28-55)40-78(116)79(119)43-58(41-59-46-101-65-21-15-13-19-63(59)65)84(124)110-73(50-117)88(128)108-70(42-60-47-102-66-22-16-14-20-64(60)66)92(132)114(8)77(25-12-10-2)95(135)113(75)7/h13-16,19-22,27-34,46-47,53-54,57-58,67-78,101-102,117-118H,9-12,17-18,23-26,35-45,48-52,97-98H2,1-8H3,(H2,99,120)(H2,100,121)(H,103,125)(H,104,122)(H,105,129)(H,106,123)(H,107,127)(H,108,128)(H,109,130)(H,110,124)(H,111,126)/t54-,57+,58+,67-,68-,69-,70-,71-,72-,73-,74-,75-,76-,77-,78-/m0/s1. The molecule has 16 amide bonds. The molecule has 3 saturated heterocycles. The number of nitrogens with zero attached hydrogens (tertiary/aromatic N) is 5. The first-order chi connectivity index (χ1) is 64.9. The number of aliphatic hydroxyl groups is 1. The number of para-hydroxylation sites is 2. The molecule has 5 heterocycles. The number of halogens is 1. The van der Waals surface area contributed by atoms with Gasteiger partial charge in [0.2, 0.25) is 94.5 Å². The van der Waals surface area contributed by atoms with E-state index >= 15 is 33.6 Å². The molecule has 0 aliphatic carbocycles. The van der Waals surface area contributed by atoms with Gasteiger partial charge in [0.15, 0.2) is 5.78 Å². The van der Waals surface area contributed by atoms with Crippen molar-refractivity contribution in [2.24, 2.45) is 40.7 Å². The second-order valence-electron chi connectivity index (χ2n) is 35.7. The Balaban J connectivity index is 1.10. The number of primary amides is 2. The van der Waals surface area contributed by atoms with Crippen LogP contribution in [0.15, 0.2) is 109 Å². The van der Waals surface area contributed by atoms with Crippen molar-refractivity contribution >= 4 is 134 Å². The lowest BCUT2D eigenvalue weighted by Gasteiger charge is -2.36. The van der Waals surface area contributed by atoms with E-state index in [1.807, 2.05) is 13.8 Å². The molecule has 9 rings (SSSR count). The number of thioether (sulfide) groups is 1. The zero-order valence-electron chi connectivity index (χ0n) is 78.2. The third-order valence-corrected chi connectivity index (χ3v) is 26.2. The van der Waals surface area contributed by atoms with Crippen LogP contribution < -0.4 is 70.8 Å². The van der Waals surface area contributed by atoms with Crippen LogP contribution in [0.1, 0.15) is 147 Å². The zero-order chi connectivity index (χ0) is 99.3. The lowest BCUT2D eigenvalue weighted by atomic mass is 9.88. The van der Waals surface area contributed by atoms with E-state index in [4.69, 9.17) is 22.9 Å². The van der Waals surface area contributed by atoms with Crippen molar-refractivity contribution in [3.63, 3.8) is 0 Å². The number of ketones is 1. The van der Waals surface area contributed by atoms with E-state index in [0.717, 1.165) is 26.5 Å². The summed E-state index contributed by atoms with van der Waals surface area (Å²) in [5, 5.41) is 46.7. The number of Topliss-reactive ketones (excluding diaryl/α,β-unsaturated/α-hetero) is 1. The maximum Gasteiger partial charge on any atom is 0.246 e. The molecule has 0 unspecified atom stereocenters.